The zero-order chi connectivity index (χ0) is 26.8. The van der Waals surface area contributed by atoms with Crippen molar-refractivity contribution >= 4 is 33.0 Å². The molecule has 0 saturated carbocycles. The molecule has 12 heteroatoms. The molecule has 2 N–H and O–H groups in total. The number of carbonyl (C=O) groups excluding carboxylic acids is 1. The summed E-state index contributed by atoms with van der Waals surface area (Å²) in [5, 5.41) is 0.649. The monoisotopic (exact) mass is 520 g/mol. The third kappa shape index (κ3) is 6.01. The first-order chi connectivity index (χ1) is 16.8. The Labute approximate surface area is 208 Å². The Bertz CT molecular complexity index is 1470. The molecule has 1 amide bonds. The van der Waals surface area contributed by atoms with Crippen molar-refractivity contribution in [1.82, 2.24) is 14.5 Å². The standard InChI is InChI=1S/C24H29FN4O6S/c1-14-10-16(34-24(31)29(5)6)12-20-21(14)18(13-28(3)4)17(23(30)35-20)11-15-8-7-9-19(22(15)25)27-36(32,33)26-2/h7-10,12,26-27H,11,13H2,1-6H3. The van der Waals surface area contributed by atoms with Crippen molar-refractivity contribution in [1.29, 1.82) is 0 Å². The Kier molecular flexibility index (Phi) is 8.02. The van der Waals surface area contributed by atoms with Gasteiger partial charge >= 0.3 is 11.7 Å². The average molecular weight is 521 g/mol. The number of carbonyl (C=O) groups is 1. The van der Waals surface area contributed by atoms with Crippen molar-refractivity contribution in [2.24, 2.45) is 0 Å². The molecule has 2 aromatic carbocycles. The van der Waals surface area contributed by atoms with Gasteiger partial charge in [-0.2, -0.15) is 8.42 Å². The molecule has 0 aliphatic rings. The summed E-state index contributed by atoms with van der Waals surface area (Å²) >= 11 is 0. The number of benzene rings is 2. The Hall–Kier alpha value is -3.48. The third-order valence-corrected chi connectivity index (χ3v) is 6.42. The molecule has 0 bridgehead atoms. The zero-order valence-corrected chi connectivity index (χ0v) is 21.7. The molecule has 1 heterocycles. The van der Waals surface area contributed by atoms with Crippen LogP contribution in [0.4, 0.5) is 14.9 Å². The largest absolute Gasteiger partial charge is 0.422 e. The van der Waals surface area contributed by atoms with Gasteiger partial charge in [-0.25, -0.2) is 18.7 Å². The highest BCUT2D eigenvalue weighted by molar-refractivity contribution is 7.90. The van der Waals surface area contributed by atoms with Crippen molar-refractivity contribution in [3.05, 3.63) is 68.8 Å². The van der Waals surface area contributed by atoms with E-state index in [9.17, 15) is 18.0 Å². The fourth-order valence-corrected chi connectivity index (χ4v) is 4.28. The lowest BCUT2D eigenvalue weighted by molar-refractivity contribution is 0.172. The first-order valence-electron chi connectivity index (χ1n) is 10.9. The van der Waals surface area contributed by atoms with Crippen LogP contribution < -0.4 is 19.8 Å². The average Bonchev–Trinajstić information content (AvgIpc) is 2.77. The molecule has 0 radical (unpaired) electrons. The molecule has 10 nitrogen and oxygen atoms in total. The molecular formula is C24H29FN4O6S. The lowest BCUT2D eigenvalue weighted by atomic mass is 9.95. The highest BCUT2D eigenvalue weighted by Crippen LogP contribution is 2.31. The second kappa shape index (κ2) is 10.6. The van der Waals surface area contributed by atoms with Crippen LogP contribution in [0.5, 0.6) is 5.75 Å². The lowest BCUT2D eigenvalue weighted by Crippen LogP contribution is -2.27. The van der Waals surface area contributed by atoms with Crippen molar-refractivity contribution in [3.63, 3.8) is 0 Å². The number of nitrogens with zero attached hydrogens (tertiary/aromatic N) is 2. The maximum atomic E-state index is 15.2. The van der Waals surface area contributed by atoms with E-state index in [1.807, 2.05) is 19.0 Å². The van der Waals surface area contributed by atoms with Gasteiger partial charge < -0.3 is 19.0 Å². The highest BCUT2D eigenvalue weighted by atomic mass is 32.2. The van der Waals surface area contributed by atoms with E-state index in [1.165, 1.54) is 36.2 Å². The topological polar surface area (TPSA) is 121 Å². The van der Waals surface area contributed by atoms with E-state index in [0.29, 0.717) is 23.1 Å². The number of hydrogen-bond donors (Lipinski definition) is 2. The summed E-state index contributed by atoms with van der Waals surface area (Å²) in [7, 11) is 4.04. The number of ether oxygens (including phenoxy) is 1. The van der Waals surface area contributed by atoms with Gasteiger partial charge in [0.2, 0.25) is 0 Å². The van der Waals surface area contributed by atoms with Gasteiger partial charge in [0, 0.05) is 51.1 Å². The van der Waals surface area contributed by atoms with Crippen molar-refractivity contribution in [2.75, 3.05) is 40.0 Å². The predicted octanol–water partition coefficient (Wildman–Crippen LogP) is 2.83. The quantitative estimate of drug-likeness (QED) is 0.438. The fourth-order valence-electron chi connectivity index (χ4n) is 3.73. The van der Waals surface area contributed by atoms with Crippen molar-refractivity contribution < 1.29 is 26.8 Å². The van der Waals surface area contributed by atoms with Crippen LogP contribution in [0.1, 0.15) is 22.3 Å². The Morgan fingerprint density at radius 2 is 1.83 bits per heavy atom. The second-order valence-corrected chi connectivity index (χ2v) is 10.3. The van der Waals surface area contributed by atoms with Gasteiger partial charge in [-0.05, 0) is 49.8 Å². The van der Waals surface area contributed by atoms with Gasteiger partial charge in [0.1, 0.15) is 11.3 Å². The van der Waals surface area contributed by atoms with Gasteiger partial charge in [-0.15, -0.1) is 0 Å². The second-order valence-electron chi connectivity index (χ2n) is 8.73. The summed E-state index contributed by atoms with van der Waals surface area (Å²) in [5.41, 5.74) is 1.01. The lowest BCUT2D eigenvalue weighted by Gasteiger charge is -2.18. The summed E-state index contributed by atoms with van der Waals surface area (Å²) in [5.74, 6) is -0.574. The van der Waals surface area contributed by atoms with Gasteiger partial charge in [0.05, 0.1) is 5.69 Å². The molecule has 1 aromatic heterocycles. The molecule has 194 valence electrons. The molecule has 0 fully saturated rings. The van der Waals surface area contributed by atoms with Crippen LogP contribution in [0.25, 0.3) is 11.0 Å². The summed E-state index contributed by atoms with van der Waals surface area (Å²) in [6.07, 6.45) is -0.704. The molecule has 3 rings (SSSR count). The Balaban J connectivity index is 2.15. The first kappa shape index (κ1) is 27.1. The normalized spacial score (nSPS) is 11.7. The minimum absolute atomic E-state index is 0.118. The summed E-state index contributed by atoms with van der Waals surface area (Å²) in [6.45, 7) is 2.15. The minimum Gasteiger partial charge on any atom is -0.422 e. The van der Waals surface area contributed by atoms with Gasteiger partial charge in [0.15, 0.2) is 5.82 Å². The number of hydrogen-bond acceptors (Lipinski definition) is 7. The molecular weight excluding hydrogens is 491 g/mol. The highest BCUT2D eigenvalue weighted by Gasteiger charge is 2.21. The number of aryl methyl sites for hydroxylation is 1. The molecule has 0 atom stereocenters. The fraction of sp³-hybridized carbons (Fsp3) is 0.333. The number of halogens is 1. The number of anilines is 1. The SMILES string of the molecule is CNS(=O)(=O)Nc1cccc(Cc2c(CN(C)C)c3c(C)cc(OC(=O)N(C)C)cc3oc2=O)c1F. The number of rotatable bonds is 8. The number of fused-ring (bicyclic) bond motifs is 1. The van der Waals surface area contributed by atoms with Gasteiger partial charge in [-0.1, -0.05) is 12.1 Å². The van der Waals surface area contributed by atoms with Gasteiger partial charge in [-0.3, -0.25) is 4.72 Å². The van der Waals surface area contributed by atoms with Crippen molar-refractivity contribution in [2.45, 2.75) is 19.9 Å². The smallest absolute Gasteiger partial charge is 0.414 e. The zero-order valence-electron chi connectivity index (χ0n) is 20.9. The number of nitrogens with one attached hydrogen (secondary N) is 2. The molecule has 0 spiro atoms. The maximum Gasteiger partial charge on any atom is 0.414 e. The van der Waals surface area contributed by atoms with E-state index in [1.54, 1.807) is 27.1 Å². The molecule has 0 saturated heterocycles. The Morgan fingerprint density at radius 1 is 1.14 bits per heavy atom. The molecule has 36 heavy (non-hydrogen) atoms. The minimum atomic E-state index is -3.94. The van der Waals surface area contributed by atoms with Crippen LogP contribution in [-0.2, 0) is 23.2 Å². The molecule has 0 aliphatic heterocycles. The van der Waals surface area contributed by atoms with E-state index in [2.05, 4.69) is 9.44 Å². The molecule has 3 aromatic rings. The summed E-state index contributed by atoms with van der Waals surface area (Å²) < 4.78 is 54.0. The Morgan fingerprint density at radius 3 is 2.44 bits per heavy atom. The van der Waals surface area contributed by atoms with Crippen LogP contribution in [0.2, 0.25) is 0 Å². The van der Waals surface area contributed by atoms with Crippen LogP contribution in [-0.4, -0.2) is 59.5 Å². The van der Waals surface area contributed by atoms with Crippen LogP contribution in [0.3, 0.4) is 0 Å². The van der Waals surface area contributed by atoms with E-state index in [-0.39, 0.29) is 34.6 Å². The maximum absolute atomic E-state index is 15.2. The third-order valence-electron chi connectivity index (χ3n) is 5.39. The van der Waals surface area contributed by atoms with E-state index in [0.717, 1.165) is 0 Å². The summed E-state index contributed by atoms with van der Waals surface area (Å²) in [6, 6.07) is 7.41. The summed E-state index contributed by atoms with van der Waals surface area (Å²) in [4.78, 5) is 28.2. The molecule has 0 aliphatic carbocycles. The predicted molar refractivity (Wildman–Crippen MR) is 135 cm³/mol. The van der Waals surface area contributed by atoms with Gasteiger partial charge in [0.25, 0.3) is 10.2 Å². The van der Waals surface area contributed by atoms with Crippen LogP contribution in [0.15, 0.2) is 39.5 Å². The van der Waals surface area contributed by atoms with E-state index in [4.69, 9.17) is 9.15 Å². The molecule has 0 unspecified atom stereocenters. The van der Waals surface area contributed by atoms with E-state index >= 15 is 4.39 Å². The first-order valence-corrected chi connectivity index (χ1v) is 12.4. The van der Waals surface area contributed by atoms with Crippen molar-refractivity contribution in [3.8, 4) is 5.75 Å². The van der Waals surface area contributed by atoms with Crippen LogP contribution >= 0.6 is 0 Å². The van der Waals surface area contributed by atoms with Crippen LogP contribution in [0, 0.1) is 12.7 Å². The van der Waals surface area contributed by atoms with E-state index < -0.39 is 27.7 Å². The number of amides is 1.